The van der Waals surface area contributed by atoms with E-state index in [-0.39, 0.29) is 11.8 Å². The molecule has 0 bridgehead atoms. The van der Waals surface area contributed by atoms with Gasteiger partial charge in [-0.3, -0.25) is 4.79 Å². The number of aliphatic carboxylic acids is 1. The average Bonchev–Trinajstić information content (AvgIpc) is 2.62. The summed E-state index contributed by atoms with van der Waals surface area (Å²) in [7, 11) is 0. The van der Waals surface area contributed by atoms with Crippen molar-refractivity contribution in [2.45, 2.75) is 6.42 Å². The first-order valence-electron chi connectivity index (χ1n) is 2.99. The van der Waals surface area contributed by atoms with E-state index in [0.29, 0.717) is 13.0 Å². The SMILES string of the molecule is [N-]=[N+]=NC[C@@H]1C[C@H]1C(=O)O. The van der Waals surface area contributed by atoms with E-state index in [0.717, 1.165) is 0 Å². The zero-order valence-corrected chi connectivity index (χ0v) is 5.27. The van der Waals surface area contributed by atoms with Gasteiger partial charge in [-0.25, -0.2) is 0 Å². The summed E-state index contributed by atoms with van der Waals surface area (Å²) >= 11 is 0. The van der Waals surface area contributed by atoms with Gasteiger partial charge in [-0.2, -0.15) is 0 Å². The standard InChI is InChI=1S/C5H7N3O2/c6-8-7-2-3-1-4(3)5(9)10/h3-4H,1-2H2,(H,9,10)/t3-,4+/m0/s1. The van der Waals surface area contributed by atoms with Gasteiger partial charge in [0.25, 0.3) is 0 Å². The largest absolute Gasteiger partial charge is 0.481 e. The van der Waals surface area contributed by atoms with Crippen LogP contribution in [-0.2, 0) is 4.79 Å². The first-order valence-corrected chi connectivity index (χ1v) is 2.99. The van der Waals surface area contributed by atoms with Crippen LogP contribution in [0.25, 0.3) is 10.4 Å². The van der Waals surface area contributed by atoms with Crippen molar-refractivity contribution in [1.29, 1.82) is 0 Å². The minimum atomic E-state index is -0.780. The fraction of sp³-hybridized carbons (Fsp3) is 0.800. The van der Waals surface area contributed by atoms with Crippen LogP contribution < -0.4 is 0 Å². The van der Waals surface area contributed by atoms with Gasteiger partial charge in [0.15, 0.2) is 0 Å². The molecule has 1 aliphatic carbocycles. The average molecular weight is 141 g/mol. The number of nitrogens with zero attached hydrogens (tertiary/aromatic N) is 3. The highest BCUT2D eigenvalue weighted by Crippen LogP contribution is 2.38. The Balaban J connectivity index is 2.25. The molecule has 1 N–H and O–H groups in total. The first-order chi connectivity index (χ1) is 4.75. The van der Waals surface area contributed by atoms with Gasteiger partial charge in [0, 0.05) is 11.5 Å². The molecule has 2 atom stereocenters. The van der Waals surface area contributed by atoms with E-state index >= 15 is 0 Å². The Hall–Kier alpha value is -1.22. The number of azide groups is 1. The van der Waals surface area contributed by atoms with Crippen molar-refractivity contribution >= 4 is 5.97 Å². The van der Waals surface area contributed by atoms with Crippen LogP contribution in [0.1, 0.15) is 6.42 Å². The maximum absolute atomic E-state index is 10.2. The molecule has 0 radical (unpaired) electrons. The van der Waals surface area contributed by atoms with E-state index in [9.17, 15) is 4.79 Å². The molecule has 0 aromatic carbocycles. The molecule has 1 aliphatic rings. The van der Waals surface area contributed by atoms with E-state index in [1.807, 2.05) is 0 Å². The smallest absolute Gasteiger partial charge is 0.306 e. The molecule has 0 aromatic heterocycles. The quantitative estimate of drug-likeness (QED) is 0.361. The summed E-state index contributed by atoms with van der Waals surface area (Å²) in [5, 5.41) is 11.7. The Morgan fingerprint density at radius 3 is 3.00 bits per heavy atom. The first kappa shape index (κ1) is 6.89. The second kappa shape index (κ2) is 2.58. The van der Waals surface area contributed by atoms with Crippen molar-refractivity contribution in [3.63, 3.8) is 0 Å². The molecule has 0 saturated heterocycles. The second-order valence-corrected chi connectivity index (χ2v) is 2.35. The molecule has 5 heteroatoms. The van der Waals surface area contributed by atoms with Crippen molar-refractivity contribution in [3.8, 4) is 0 Å². The Bertz CT molecular complexity index is 197. The van der Waals surface area contributed by atoms with Gasteiger partial charge in [0.2, 0.25) is 0 Å². The molecule has 0 unspecified atom stereocenters. The summed E-state index contributed by atoms with van der Waals surface area (Å²) in [6.45, 7) is 0.327. The predicted molar refractivity (Wildman–Crippen MR) is 33.2 cm³/mol. The molecule has 1 saturated carbocycles. The number of hydrogen-bond acceptors (Lipinski definition) is 2. The monoisotopic (exact) mass is 141 g/mol. The number of carboxylic acids is 1. The molecule has 1 fully saturated rings. The lowest BCUT2D eigenvalue weighted by molar-refractivity contribution is -0.138. The molecule has 1 rings (SSSR count). The minimum Gasteiger partial charge on any atom is -0.481 e. The maximum Gasteiger partial charge on any atom is 0.306 e. The van der Waals surface area contributed by atoms with Crippen molar-refractivity contribution in [1.82, 2.24) is 0 Å². The van der Waals surface area contributed by atoms with Gasteiger partial charge >= 0.3 is 5.97 Å². The topological polar surface area (TPSA) is 86.1 Å². The Morgan fingerprint density at radius 1 is 1.90 bits per heavy atom. The van der Waals surface area contributed by atoms with Crippen LogP contribution in [0.3, 0.4) is 0 Å². The number of hydrogen-bond donors (Lipinski definition) is 1. The summed E-state index contributed by atoms with van der Waals surface area (Å²) in [6.07, 6.45) is 0.661. The zero-order chi connectivity index (χ0) is 7.56. The molecule has 0 amide bonds. The van der Waals surface area contributed by atoms with E-state index in [2.05, 4.69) is 10.0 Å². The van der Waals surface area contributed by atoms with Crippen molar-refractivity contribution in [3.05, 3.63) is 10.4 Å². The Morgan fingerprint density at radius 2 is 2.60 bits per heavy atom. The Kier molecular flexibility index (Phi) is 1.78. The van der Waals surface area contributed by atoms with Crippen LogP contribution in [-0.4, -0.2) is 17.6 Å². The number of carboxylic acid groups (broad SMARTS) is 1. The molecule has 10 heavy (non-hydrogen) atoms. The molecular formula is C5H7N3O2. The van der Waals surface area contributed by atoms with Crippen LogP contribution in [0.15, 0.2) is 5.11 Å². The summed E-state index contributed by atoms with van der Waals surface area (Å²) in [4.78, 5) is 12.7. The van der Waals surface area contributed by atoms with Crippen molar-refractivity contribution in [2.75, 3.05) is 6.54 Å². The highest BCUT2D eigenvalue weighted by atomic mass is 16.4. The highest BCUT2D eigenvalue weighted by molar-refractivity contribution is 5.73. The van der Waals surface area contributed by atoms with Crippen molar-refractivity contribution in [2.24, 2.45) is 17.0 Å². The molecular weight excluding hydrogens is 134 g/mol. The van der Waals surface area contributed by atoms with E-state index < -0.39 is 5.97 Å². The summed E-state index contributed by atoms with van der Waals surface area (Å²) < 4.78 is 0. The third-order valence-corrected chi connectivity index (χ3v) is 1.62. The third kappa shape index (κ3) is 1.39. The molecule has 54 valence electrons. The predicted octanol–water partition coefficient (Wildman–Crippen LogP) is 1.02. The van der Waals surface area contributed by atoms with Gasteiger partial charge in [0.05, 0.1) is 5.92 Å². The molecule has 0 heterocycles. The fourth-order valence-electron chi connectivity index (χ4n) is 0.893. The van der Waals surface area contributed by atoms with E-state index in [4.69, 9.17) is 10.6 Å². The van der Waals surface area contributed by atoms with Crippen LogP contribution >= 0.6 is 0 Å². The Labute approximate surface area is 57.3 Å². The van der Waals surface area contributed by atoms with Gasteiger partial charge in [-0.15, -0.1) is 0 Å². The molecule has 0 aliphatic heterocycles. The lowest BCUT2D eigenvalue weighted by atomic mass is 10.3. The number of rotatable bonds is 3. The lowest BCUT2D eigenvalue weighted by Gasteiger charge is -1.85. The van der Waals surface area contributed by atoms with Crippen LogP contribution in [0.2, 0.25) is 0 Å². The van der Waals surface area contributed by atoms with Gasteiger partial charge in [0.1, 0.15) is 0 Å². The normalized spacial score (nSPS) is 28.8. The van der Waals surface area contributed by atoms with E-state index in [1.54, 1.807) is 0 Å². The molecule has 0 spiro atoms. The van der Waals surface area contributed by atoms with Crippen LogP contribution in [0.4, 0.5) is 0 Å². The van der Waals surface area contributed by atoms with Gasteiger partial charge in [-0.1, -0.05) is 5.11 Å². The van der Waals surface area contributed by atoms with Crippen LogP contribution in [0.5, 0.6) is 0 Å². The second-order valence-electron chi connectivity index (χ2n) is 2.35. The minimum absolute atomic E-state index is 0.0911. The maximum atomic E-state index is 10.2. The van der Waals surface area contributed by atoms with Gasteiger partial charge < -0.3 is 5.11 Å². The van der Waals surface area contributed by atoms with E-state index in [1.165, 1.54) is 0 Å². The fourth-order valence-corrected chi connectivity index (χ4v) is 0.893. The third-order valence-electron chi connectivity index (χ3n) is 1.62. The molecule has 5 nitrogen and oxygen atoms in total. The van der Waals surface area contributed by atoms with Crippen LogP contribution in [0, 0.1) is 11.8 Å². The summed E-state index contributed by atoms with van der Waals surface area (Å²) in [5.74, 6) is -0.947. The lowest BCUT2D eigenvalue weighted by Crippen LogP contribution is -2.00. The summed E-state index contributed by atoms with van der Waals surface area (Å²) in [6, 6.07) is 0. The molecule has 0 aromatic rings. The number of carbonyl (C=O) groups is 1. The van der Waals surface area contributed by atoms with Gasteiger partial charge in [-0.05, 0) is 17.9 Å². The summed E-state index contributed by atoms with van der Waals surface area (Å²) in [5.41, 5.74) is 7.88. The zero-order valence-electron chi connectivity index (χ0n) is 5.27. The highest BCUT2D eigenvalue weighted by Gasteiger charge is 2.42. The van der Waals surface area contributed by atoms with Crippen molar-refractivity contribution < 1.29 is 9.90 Å².